The van der Waals surface area contributed by atoms with Gasteiger partial charge in [-0.15, -0.1) is 11.3 Å². The normalized spacial score (nSPS) is 18.9. The monoisotopic (exact) mass is 318 g/mol. The van der Waals surface area contributed by atoms with Crippen LogP contribution in [0.2, 0.25) is 0 Å². The highest BCUT2D eigenvalue weighted by Gasteiger charge is 2.30. The Bertz CT molecular complexity index is 607. The molecule has 0 saturated carbocycles. The third-order valence-corrected chi connectivity index (χ3v) is 5.19. The van der Waals surface area contributed by atoms with Gasteiger partial charge >= 0.3 is 5.97 Å². The molecule has 0 spiro atoms. The summed E-state index contributed by atoms with van der Waals surface area (Å²) in [5, 5.41) is 1.13. The number of esters is 1. The topological polar surface area (TPSA) is 42.4 Å². The maximum absolute atomic E-state index is 11.9. The van der Waals surface area contributed by atoms with Gasteiger partial charge in [0.05, 0.1) is 29.4 Å². The minimum atomic E-state index is -0.110. The minimum Gasteiger partial charge on any atom is -0.465 e. The Kier molecular flexibility index (Phi) is 5.05. The molecule has 1 aromatic heterocycles. The van der Waals surface area contributed by atoms with E-state index in [1.165, 1.54) is 4.70 Å². The lowest BCUT2D eigenvalue weighted by atomic mass is 10.2. The van der Waals surface area contributed by atoms with Crippen molar-refractivity contribution >= 4 is 27.5 Å². The Morgan fingerprint density at radius 2 is 2.32 bits per heavy atom. The van der Waals surface area contributed by atoms with Crippen molar-refractivity contribution in [2.45, 2.75) is 38.6 Å². The van der Waals surface area contributed by atoms with E-state index in [2.05, 4.69) is 17.9 Å². The van der Waals surface area contributed by atoms with Gasteiger partial charge in [-0.1, -0.05) is 25.5 Å². The average molecular weight is 318 g/mol. The molecule has 1 saturated heterocycles. The van der Waals surface area contributed by atoms with Gasteiger partial charge < -0.3 is 4.74 Å². The molecule has 1 aromatic carbocycles. The van der Waals surface area contributed by atoms with E-state index in [0.29, 0.717) is 13.2 Å². The van der Waals surface area contributed by atoms with Gasteiger partial charge in [0.1, 0.15) is 5.01 Å². The van der Waals surface area contributed by atoms with E-state index in [0.717, 1.165) is 42.8 Å². The highest BCUT2D eigenvalue weighted by Crippen LogP contribution is 2.36. The van der Waals surface area contributed by atoms with Crippen molar-refractivity contribution in [2.24, 2.45) is 0 Å². The maximum atomic E-state index is 11.9. The number of fused-ring (bicyclic) bond motifs is 1. The SMILES string of the molecule is CCCCOC(=O)CN1CCCC1c1nc2ccccc2s1. The van der Waals surface area contributed by atoms with Crippen LogP contribution in [0.25, 0.3) is 10.2 Å². The number of hydrogen-bond donors (Lipinski definition) is 0. The van der Waals surface area contributed by atoms with Crippen LogP contribution in [0.3, 0.4) is 0 Å². The highest BCUT2D eigenvalue weighted by atomic mass is 32.1. The van der Waals surface area contributed by atoms with Gasteiger partial charge in [0.25, 0.3) is 0 Å². The van der Waals surface area contributed by atoms with Crippen molar-refractivity contribution < 1.29 is 9.53 Å². The molecule has 0 aliphatic carbocycles. The number of rotatable bonds is 6. The zero-order valence-electron chi connectivity index (χ0n) is 13.0. The molecule has 1 atom stereocenters. The predicted octanol–water partition coefficient (Wildman–Crippen LogP) is 3.78. The second-order valence-corrected chi connectivity index (χ2v) is 6.78. The zero-order chi connectivity index (χ0) is 15.4. The maximum Gasteiger partial charge on any atom is 0.320 e. The summed E-state index contributed by atoms with van der Waals surface area (Å²) < 4.78 is 6.51. The first kappa shape index (κ1) is 15.4. The van der Waals surface area contributed by atoms with Crippen molar-refractivity contribution in [1.82, 2.24) is 9.88 Å². The molecule has 0 N–H and O–H groups in total. The molecule has 2 heterocycles. The largest absolute Gasteiger partial charge is 0.465 e. The predicted molar refractivity (Wildman–Crippen MR) is 89.0 cm³/mol. The number of likely N-dealkylation sites (tertiary alicyclic amines) is 1. The molecule has 1 aliphatic heterocycles. The van der Waals surface area contributed by atoms with E-state index in [9.17, 15) is 4.79 Å². The van der Waals surface area contributed by atoms with Gasteiger partial charge in [0, 0.05) is 0 Å². The van der Waals surface area contributed by atoms with Gasteiger partial charge in [0.2, 0.25) is 0 Å². The summed E-state index contributed by atoms with van der Waals surface area (Å²) in [4.78, 5) is 18.9. The van der Waals surface area contributed by atoms with E-state index in [1.54, 1.807) is 11.3 Å². The fraction of sp³-hybridized carbons (Fsp3) is 0.529. The van der Waals surface area contributed by atoms with Crippen molar-refractivity contribution in [3.8, 4) is 0 Å². The summed E-state index contributed by atoms with van der Waals surface area (Å²) in [5.41, 5.74) is 1.06. The summed E-state index contributed by atoms with van der Waals surface area (Å²) >= 11 is 1.74. The van der Waals surface area contributed by atoms with Crippen LogP contribution < -0.4 is 0 Å². The van der Waals surface area contributed by atoms with Crippen LogP contribution >= 0.6 is 11.3 Å². The van der Waals surface area contributed by atoms with Crippen LogP contribution in [-0.4, -0.2) is 35.5 Å². The van der Waals surface area contributed by atoms with Gasteiger partial charge in [-0.25, -0.2) is 4.98 Å². The third kappa shape index (κ3) is 3.47. The van der Waals surface area contributed by atoms with E-state index in [4.69, 9.17) is 9.72 Å². The first-order valence-corrected chi connectivity index (χ1v) is 8.84. The van der Waals surface area contributed by atoms with Crippen LogP contribution in [0.15, 0.2) is 24.3 Å². The minimum absolute atomic E-state index is 0.110. The zero-order valence-corrected chi connectivity index (χ0v) is 13.8. The molecule has 2 aromatic rings. The summed E-state index contributed by atoms with van der Waals surface area (Å²) in [7, 11) is 0. The highest BCUT2D eigenvalue weighted by molar-refractivity contribution is 7.18. The lowest BCUT2D eigenvalue weighted by Gasteiger charge is -2.21. The molecule has 0 radical (unpaired) electrons. The number of carbonyl (C=O) groups is 1. The number of para-hydroxylation sites is 1. The van der Waals surface area contributed by atoms with Crippen LogP contribution in [0.5, 0.6) is 0 Å². The number of ether oxygens (including phenoxy) is 1. The van der Waals surface area contributed by atoms with Crippen LogP contribution in [0.1, 0.15) is 43.7 Å². The van der Waals surface area contributed by atoms with E-state index < -0.39 is 0 Å². The molecular weight excluding hydrogens is 296 g/mol. The smallest absolute Gasteiger partial charge is 0.320 e. The van der Waals surface area contributed by atoms with E-state index in [-0.39, 0.29) is 12.0 Å². The number of carbonyl (C=O) groups excluding carboxylic acids is 1. The number of unbranched alkanes of at least 4 members (excludes halogenated alkanes) is 1. The lowest BCUT2D eigenvalue weighted by molar-refractivity contribution is -0.145. The molecule has 1 unspecified atom stereocenters. The van der Waals surface area contributed by atoms with Crippen molar-refractivity contribution in [2.75, 3.05) is 19.7 Å². The fourth-order valence-electron chi connectivity index (χ4n) is 2.87. The number of benzene rings is 1. The molecule has 3 rings (SSSR count). The summed E-state index contributed by atoms with van der Waals surface area (Å²) in [5.74, 6) is -0.110. The summed E-state index contributed by atoms with van der Waals surface area (Å²) in [6.45, 7) is 3.96. The molecule has 0 bridgehead atoms. The van der Waals surface area contributed by atoms with Gasteiger partial charge in [-0.3, -0.25) is 9.69 Å². The first-order valence-electron chi connectivity index (χ1n) is 8.03. The summed E-state index contributed by atoms with van der Waals surface area (Å²) in [6.07, 6.45) is 4.17. The molecular formula is C17H22N2O2S. The third-order valence-electron chi connectivity index (χ3n) is 4.05. The Labute approximate surface area is 135 Å². The number of hydrogen-bond acceptors (Lipinski definition) is 5. The Balaban J connectivity index is 1.66. The Morgan fingerprint density at radius 1 is 1.45 bits per heavy atom. The van der Waals surface area contributed by atoms with Gasteiger partial charge in [0.15, 0.2) is 0 Å². The average Bonchev–Trinajstić information content (AvgIpc) is 3.13. The van der Waals surface area contributed by atoms with E-state index in [1.807, 2.05) is 18.2 Å². The van der Waals surface area contributed by atoms with E-state index >= 15 is 0 Å². The Hall–Kier alpha value is -1.46. The standard InChI is InChI=1S/C17H22N2O2S/c1-2-3-11-21-16(20)12-19-10-6-8-14(19)17-18-13-7-4-5-9-15(13)22-17/h4-5,7,9,14H,2-3,6,8,10-12H2,1H3. The molecule has 4 nitrogen and oxygen atoms in total. The second kappa shape index (κ2) is 7.20. The first-order chi connectivity index (χ1) is 10.8. The summed E-state index contributed by atoms with van der Waals surface area (Å²) in [6, 6.07) is 8.48. The molecule has 0 amide bonds. The molecule has 5 heteroatoms. The lowest BCUT2D eigenvalue weighted by Crippen LogP contribution is -2.30. The van der Waals surface area contributed by atoms with Crippen molar-refractivity contribution in [3.05, 3.63) is 29.3 Å². The number of aromatic nitrogens is 1. The Morgan fingerprint density at radius 3 is 3.14 bits per heavy atom. The van der Waals surface area contributed by atoms with Crippen molar-refractivity contribution in [3.63, 3.8) is 0 Å². The van der Waals surface area contributed by atoms with Crippen LogP contribution in [0.4, 0.5) is 0 Å². The molecule has 1 fully saturated rings. The van der Waals surface area contributed by atoms with Crippen molar-refractivity contribution in [1.29, 1.82) is 0 Å². The van der Waals surface area contributed by atoms with Crippen LogP contribution in [-0.2, 0) is 9.53 Å². The molecule has 1 aliphatic rings. The quantitative estimate of drug-likeness (QED) is 0.600. The number of nitrogens with zero attached hydrogens (tertiary/aromatic N) is 2. The molecule has 22 heavy (non-hydrogen) atoms. The van der Waals surface area contributed by atoms with Gasteiger partial charge in [-0.2, -0.15) is 0 Å². The van der Waals surface area contributed by atoms with Crippen LogP contribution in [0, 0.1) is 0 Å². The molecule has 118 valence electrons. The van der Waals surface area contributed by atoms with Gasteiger partial charge in [-0.05, 0) is 37.9 Å². The fourth-order valence-corrected chi connectivity index (χ4v) is 4.01. The number of thiazole rings is 1. The second-order valence-electron chi connectivity index (χ2n) is 5.72.